The molecule has 118 valence electrons. The van der Waals surface area contributed by atoms with Gasteiger partial charge in [0.25, 0.3) is 0 Å². The van der Waals surface area contributed by atoms with Gasteiger partial charge in [0.1, 0.15) is 0 Å². The third-order valence-electron chi connectivity index (χ3n) is 4.01. The van der Waals surface area contributed by atoms with Crippen molar-refractivity contribution in [2.45, 2.75) is 18.2 Å². The Bertz CT molecular complexity index is 633. The van der Waals surface area contributed by atoms with Gasteiger partial charge in [0, 0.05) is 12.7 Å². The van der Waals surface area contributed by atoms with Crippen LogP contribution in [0, 0.1) is 0 Å². The fourth-order valence-electron chi connectivity index (χ4n) is 2.71. The lowest BCUT2D eigenvalue weighted by Crippen LogP contribution is -2.30. The summed E-state index contributed by atoms with van der Waals surface area (Å²) in [5, 5.41) is 0.451. The summed E-state index contributed by atoms with van der Waals surface area (Å²) in [7, 11) is 0. The number of benzene rings is 2. The Hall–Kier alpha value is -1.93. The Morgan fingerprint density at radius 3 is 2.13 bits per heavy atom. The predicted molar refractivity (Wildman–Crippen MR) is 102 cm³/mol. The molecule has 3 rings (SSSR count). The Balaban J connectivity index is 1.48. The monoisotopic (exact) mass is 321 g/mol. The summed E-state index contributed by atoms with van der Waals surface area (Å²) in [5.41, 5.74) is 2.83. The van der Waals surface area contributed by atoms with Crippen LogP contribution in [0.4, 0.5) is 0 Å². The first-order chi connectivity index (χ1) is 11.4. The quantitative estimate of drug-likeness (QED) is 0.712. The first kappa shape index (κ1) is 15.9. The molecule has 0 radical (unpaired) electrons. The van der Waals surface area contributed by atoms with Crippen molar-refractivity contribution in [1.82, 2.24) is 4.90 Å². The molecule has 1 heterocycles. The van der Waals surface area contributed by atoms with Gasteiger partial charge in [-0.05, 0) is 35.8 Å². The van der Waals surface area contributed by atoms with Crippen molar-refractivity contribution in [2.75, 3.05) is 12.3 Å². The van der Waals surface area contributed by atoms with Crippen LogP contribution in [0.25, 0.3) is 0 Å². The number of nitrogens with zero attached hydrogens (tertiary/aromatic N) is 1. The molecule has 0 saturated carbocycles. The number of aryl methyl sites for hydroxylation is 1. The molecule has 0 aromatic heterocycles. The first-order valence-electron chi connectivity index (χ1n) is 8.22. The van der Waals surface area contributed by atoms with E-state index < -0.39 is 0 Å². The second-order valence-corrected chi connectivity index (χ2v) is 6.92. The molecule has 1 aliphatic heterocycles. The Kier molecular flexibility index (Phi) is 5.99. The van der Waals surface area contributed by atoms with Crippen LogP contribution in [0.15, 0.2) is 85.1 Å². The van der Waals surface area contributed by atoms with E-state index in [0.29, 0.717) is 5.37 Å². The molecule has 0 N–H and O–H groups in total. The zero-order valence-electron chi connectivity index (χ0n) is 13.3. The first-order valence-corrected chi connectivity index (χ1v) is 9.27. The summed E-state index contributed by atoms with van der Waals surface area (Å²) in [4.78, 5) is 2.45. The molecule has 0 amide bonds. The zero-order chi connectivity index (χ0) is 15.7. The molecular weight excluding hydrogens is 298 g/mol. The van der Waals surface area contributed by atoms with Crippen LogP contribution in [0.1, 0.15) is 11.1 Å². The SMILES string of the molecule is C1=CC(SCCc2ccccc2)N(CCc2ccccc2)C=C1. The summed E-state index contributed by atoms with van der Waals surface area (Å²) >= 11 is 2.02. The molecule has 1 nitrogen and oxygen atoms in total. The second kappa shape index (κ2) is 8.64. The van der Waals surface area contributed by atoms with E-state index in [4.69, 9.17) is 0 Å². The van der Waals surface area contributed by atoms with Crippen molar-refractivity contribution in [3.05, 3.63) is 96.2 Å². The van der Waals surface area contributed by atoms with Gasteiger partial charge in [-0.2, -0.15) is 0 Å². The molecule has 0 spiro atoms. The number of rotatable bonds is 7. The summed E-state index contributed by atoms with van der Waals surface area (Å²) in [6.45, 7) is 1.06. The van der Waals surface area contributed by atoms with Gasteiger partial charge in [0.15, 0.2) is 0 Å². The largest absolute Gasteiger partial charge is 0.362 e. The fraction of sp³-hybridized carbons (Fsp3) is 0.238. The number of allylic oxidation sites excluding steroid dienone is 2. The molecule has 1 aliphatic rings. The van der Waals surface area contributed by atoms with E-state index in [9.17, 15) is 0 Å². The number of thioether (sulfide) groups is 1. The van der Waals surface area contributed by atoms with Gasteiger partial charge in [0.2, 0.25) is 0 Å². The van der Waals surface area contributed by atoms with Gasteiger partial charge in [-0.15, -0.1) is 11.8 Å². The van der Waals surface area contributed by atoms with Gasteiger partial charge in [-0.1, -0.05) is 72.8 Å². The minimum Gasteiger partial charge on any atom is -0.362 e. The molecule has 23 heavy (non-hydrogen) atoms. The highest BCUT2D eigenvalue weighted by Crippen LogP contribution is 2.22. The van der Waals surface area contributed by atoms with Crippen LogP contribution in [0.3, 0.4) is 0 Å². The summed E-state index contributed by atoms with van der Waals surface area (Å²) in [6.07, 6.45) is 11.1. The van der Waals surface area contributed by atoms with E-state index in [-0.39, 0.29) is 0 Å². The van der Waals surface area contributed by atoms with E-state index >= 15 is 0 Å². The normalized spacial score (nSPS) is 16.7. The van der Waals surface area contributed by atoms with Crippen molar-refractivity contribution in [3.8, 4) is 0 Å². The molecule has 0 saturated heterocycles. The molecule has 2 aromatic carbocycles. The van der Waals surface area contributed by atoms with Crippen molar-refractivity contribution >= 4 is 11.8 Å². The smallest absolute Gasteiger partial charge is 0.0933 e. The number of hydrogen-bond donors (Lipinski definition) is 0. The Labute approximate surface area is 143 Å². The third kappa shape index (κ3) is 5.04. The Morgan fingerprint density at radius 1 is 0.783 bits per heavy atom. The maximum absolute atomic E-state index is 2.45. The molecule has 2 heteroatoms. The maximum atomic E-state index is 2.45. The lowest BCUT2D eigenvalue weighted by molar-refractivity contribution is 0.391. The van der Waals surface area contributed by atoms with Crippen LogP contribution in [0.5, 0.6) is 0 Å². The van der Waals surface area contributed by atoms with E-state index in [2.05, 4.69) is 90.0 Å². The topological polar surface area (TPSA) is 3.24 Å². The van der Waals surface area contributed by atoms with Crippen molar-refractivity contribution in [3.63, 3.8) is 0 Å². The highest BCUT2D eigenvalue weighted by molar-refractivity contribution is 8.00. The molecule has 0 bridgehead atoms. The van der Waals surface area contributed by atoms with Crippen molar-refractivity contribution in [1.29, 1.82) is 0 Å². The average Bonchev–Trinajstić information content (AvgIpc) is 2.63. The summed E-state index contributed by atoms with van der Waals surface area (Å²) in [5.74, 6) is 1.15. The van der Waals surface area contributed by atoms with E-state index in [1.807, 2.05) is 11.8 Å². The van der Waals surface area contributed by atoms with Crippen molar-refractivity contribution < 1.29 is 0 Å². The van der Waals surface area contributed by atoms with E-state index in [1.165, 1.54) is 11.1 Å². The average molecular weight is 321 g/mol. The Morgan fingerprint density at radius 2 is 1.43 bits per heavy atom. The lowest BCUT2D eigenvalue weighted by atomic mass is 10.1. The predicted octanol–water partition coefficient (Wildman–Crippen LogP) is 4.92. The van der Waals surface area contributed by atoms with Crippen LogP contribution >= 0.6 is 11.8 Å². The van der Waals surface area contributed by atoms with Gasteiger partial charge < -0.3 is 4.90 Å². The fourth-order valence-corrected chi connectivity index (χ4v) is 3.88. The van der Waals surface area contributed by atoms with Crippen LogP contribution < -0.4 is 0 Å². The highest BCUT2D eigenvalue weighted by atomic mass is 32.2. The van der Waals surface area contributed by atoms with Gasteiger partial charge >= 0.3 is 0 Å². The minimum atomic E-state index is 0.451. The molecule has 1 unspecified atom stereocenters. The van der Waals surface area contributed by atoms with Crippen LogP contribution in [-0.4, -0.2) is 22.6 Å². The van der Waals surface area contributed by atoms with Gasteiger partial charge in [0.05, 0.1) is 5.37 Å². The molecule has 1 atom stereocenters. The molecular formula is C21H23NS. The van der Waals surface area contributed by atoms with Crippen LogP contribution in [-0.2, 0) is 12.8 Å². The molecule has 0 fully saturated rings. The maximum Gasteiger partial charge on any atom is 0.0933 e. The number of hydrogen-bond acceptors (Lipinski definition) is 2. The lowest BCUT2D eigenvalue weighted by Gasteiger charge is -2.30. The molecule has 2 aromatic rings. The summed E-state index contributed by atoms with van der Waals surface area (Å²) in [6, 6.07) is 21.5. The van der Waals surface area contributed by atoms with Gasteiger partial charge in [-0.25, -0.2) is 0 Å². The zero-order valence-corrected chi connectivity index (χ0v) is 14.2. The standard InChI is InChI=1S/C21H23NS/c1-3-9-19(10-4-1)14-17-22-16-8-7-13-21(22)23-18-15-20-11-5-2-6-12-20/h1-13,16,21H,14-15,17-18H2. The second-order valence-electron chi connectivity index (χ2n) is 5.70. The molecule has 0 aliphatic carbocycles. The third-order valence-corrected chi connectivity index (χ3v) is 5.22. The van der Waals surface area contributed by atoms with Crippen LogP contribution in [0.2, 0.25) is 0 Å². The highest BCUT2D eigenvalue weighted by Gasteiger charge is 2.14. The summed E-state index contributed by atoms with van der Waals surface area (Å²) < 4.78 is 0. The minimum absolute atomic E-state index is 0.451. The van der Waals surface area contributed by atoms with E-state index in [1.54, 1.807) is 0 Å². The van der Waals surface area contributed by atoms with Crippen molar-refractivity contribution in [2.24, 2.45) is 0 Å². The van der Waals surface area contributed by atoms with Gasteiger partial charge in [-0.3, -0.25) is 0 Å². The van der Waals surface area contributed by atoms with E-state index in [0.717, 1.165) is 25.1 Å².